The molecule has 0 aliphatic carbocycles. The number of aromatic nitrogens is 1. The number of hydrogen-bond acceptors (Lipinski definition) is 6. The normalized spacial score (nSPS) is 17.1. The van der Waals surface area contributed by atoms with Crippen LogP contribution < -0.4 is 16.0 Å². The molecule has 2 heterocycles. The van der Waals surface area contributed by atoms with Gasteiger partial charge in [-0.15, -0.1) is 0 Å². The topological polar surface area (TPSA) is 114 Å². The Morgan fingerprint density at radius 1 is 1.36 bits per heavy atom. The number of pyridine rings is 1. The van der Waals surface area contributed by atoms with Crippen LogP contribution in [0.25, 0.3) is 0 Å². The molecule has 0 spiro atoms. The Kier molecular flexibility index (Phi) is 4.78. The van der Waals surface area contributed by atoms with Crippen LogP contribution in [-0.4, -0.2) is 34.9 Å². The van der Waals surface area contributed by atoms with E-state index in [9.17, 15) is 14.9 Å². The van der Waals surface area contributed by atoms with E-state index < -0.39 is 10.8 Å². The Morgan fingerprint density at radius 2 is 2.20 bits per heavy atom. The number of carbonyl (C=O) groups is 1. The van der Waals surface area contributed by atoms with Gasteiger partial charge in [0.2, 0.25) is 0 Å². The Labute approximate surface area is 144 Å². The highest BCUT2D eigenvalue weighted by atomic mass is 16.6. The van der Waals surface area contributed by atoms with E-state index in [2.05, 4.69) is 15.2 Å². The van der Waals surface area contributed by atoms with E-state index in [-0.39, 0.29) is 23.0 Å². The van der Waals surface area contributed by atoms with Gasteiger partial charge in [-0.2, -0.15) is 0 Å². The van der Waals surface area contributed by atoms with Crippen molar-refractivity contribution in [3.05, 3.63) is 58.3 Å². The number of anilines is 2. The van der Waals surface area contributed by atoms with Crippen LogP contribution in [0.2, 0.25) is 0 Å². The van der Waals surface area contributed by atoms with Gasteiger partial charge in [0.1, 0.15) is 5.82 Å². The lowest BCUT2D eigenvalue weighted by Gasteiger charge is -2.34. The molecule has 1 fully saturated rings. The predicted molar refractivity (Wildman–Crippen MR) is 94.4 cm³/mol. The molecule has 0 saturated carbocycles. The Morgan fingerprint density at radius 3 is 2.92 bits per heavy atom. The summed E-state index contributed by atoms with van der Waals surface area (Å²) in [5.41, 5.74) is 6.01. The number of non-ortho nitro benzene ring substituents is 1. The number of nitro benzene ring substituents is 1. The van der Waals surface area contributed by atoms with Crippen LogP contribution in [0, 0.1) is 10.1 Å². The third kappa shape index (κ3) is 3.85. The van der Waals surface area contributed by atoms with E-state index in [1.807, 2.05) is 18.2 Å². The summed E-state index contributed by atoms with van der Waals surface area (Å²) >= 11 is 0. The highest BCUT2D eigenvalue weighted by Gasteiger charge is 2.24. The second kappa shape index (κ2) is 7.16. The number of nitrogen functional groups attached to an aromatic ring is 1. The molecule has 1 saturated heterocycles. The quantitative estimate of drug-likeness (QED) is 0.499. The first-order valence-electron chi connectivity index (χ1n) is 8.05. The monoisotopic (exact) mass is 341 g/mol. The Bertz CT molecular complexity index is 781. The van der Waals surface area contributed by atoms with Gasteiger partial charge in [-0.1, -0.05) is 6.07 Å². The molecule has 0 radical (unpaired) electrons. The van der Waals surface area contributed by atoms with Gasteiger partial charge in [0.15, 0.2) is 0 Å². The largest absolute Gasteiger partial charge is 0.398 e. The molecule has 1 aromatic carbocycles. The fourth-order valence-electron chi connectivity index (χ4n) is 2.96. The average molecular weight is 341 g/mol. The maximum Gasteiger partial charge on any atom is 0.270 e. The lowest BCUT2D eigenvalue weighted by atomic mass is 10.0. The van der Waals surface area contributed by atoms with E-state index in [4.69, 9.17) is 5.73 Å². The van der Waals surface area contributed by atoms with Crippen molar-refractivity contribution < 1.29 is 9.72 Å². The second-order valence-corrected chi connectivity index (χ2v) is 5.98. The molecule has 1 unspecified atom stereocenters. The lowest BCUT2D eigenvalue weighted by molar-refractivity contribution is -0.384. The van der Waals surface area contributed by atoms with E-state index in [0.717, 1.165) is 25.2 Å². The van der Waals surface area contributed by atoms with Crippen LogP contribution in [0.15, 0.2) is 42.6 Å². The summed E-state index contributed by atoms with van der Waals surface area (Å²) in [6.07, 6.45) is 3.50. The number of rotatable bonds is 4. The molecule has 1 aliphatic rings. The van der Waals surface area contributed by atoms with Crippen LogP contribution in [-0.2, 0) is 0 Å². The summed E-state index contributed by atoms with van der Waals surface area (Å²) in [5.74, 6) is 0.477. The highest BCUT2D eigenvalue weighted by molar-refractivity contribution is 6.00. The van der Waals surface area contributed by atoms with Crippen molar-refractivity contribution in [2.75, 3.05) is 23.7 Å². The van der Waals surface area contributed by atoms with Crippen LogP contribution in [0.4, 0.5) is 17.2 Å². The zero-order chi connectivity index (χ0) is 17.8. The molecule has 25 heavy (non-hydrogen) atoms. The number of benzene rings is 1. The van der Waals surface area contributed by atoms with Gasteiger partial charge < -0.3 is 16.0 Å². The molecule has 1 aromatic heterocycles. The molecule has 3 rings (SSSR count). The van der Waals surface area contributed by atoms with Gasteiger partial charge in [0.25, 0.3) is 11.6 Å². The van der Waals surface area contributed by atoms with Gasteiger partial charge in [-0.3, -0.25) is 14.9 Å². The Balaban J connectivity index is 1.70. The predicted octanol–water partition coefficient (Wildman–Crippen LogP) is 1.97. The molecular weight excluding hydrogens is 322 g/mol. The SMILES string of the molecule is Nc1ccc([N+](=O)[O-])cc1C(=O)NC1CCCN(c2ccccn2)C1. The molecule has 1 aliphatic heterocycles. The summed E-state index contributed by atoms with van der Waals surface area (Å²) in [6, 6.07) is 9.53. The molecular formula is C17H19N5O3. The zero-order valence-electron chi connectivity index (χ0n) is 13.6. The van der Waals surface area contributed by atoms with Gasteiger partial charge in [-0.25, -0.2) is 4.98 Å². The summed E-state index contributed by atoms with van der Waals surface area (Å²) in [7, 11) is 0. The van der Waals surface area contributed by atoms with E-state index >= 15 is 0 Å². The number of nitrogens with one attached hydrogen (secondary N) is 1. The second-order valence-electron chi connectivity index (χ2n) is 5.98. The van der Waals surface area contributed by atoms with Crippen molar-refractivity contribution in [1.29, 1.82) is 0 Å². The first-order chi connectivity index (χ1) is 12.0. The first kappa shape index (κ1) is 16.7. The summed E-state index contributed by atoms with van der Waals surface area (Å²) < 4.78 is 0. The van der Waals surface area contributed by atoms with Crippen LogP contribution in [0.3, 0.4) is 0 Å². The van der Waals surface area contributed by atoms with Crippen LogP contribution in [0.1, 0.15) is 23.2 Å². The van der Waals surface area contributed by atoms with Gasteiger partial charge in [-0.05, 0) is 31.0 Å². The number of nitrogens with zero attached hydrogens (tertiary/aromatic N) is 3. The van der Waals surface area contributed by atoms with E-state index in [0.29, 0.717) is 6.54 Å². The van der Waals surface area contributed by atoms with Crippen molar-refractivity contribution >= 4 is 23.1 Å². The first-order valence-corrected chi connectivity index (χ1v) is 8.05. The Hall–Kier alpha value is -3.16. The van der Waals surface area contributed by atoms with Crippen molar-refractivity contribution in [1.82, 2.24) is 10.3 Å². The molecule has 3 N–H and O–H groups in total. The van der Waals surface area contributed by atoms with Crippen LogP contribution in [0.5, 0.6) is 0 Å². The number of carbonyl (C=O) groups excluding carboxylic acids is 1. The van der Waals surface area contributed by atoms with E-state index in [1.165, 1.54) is 18.2 Å². The minimum Gasteiger partial charge on any atom is -0.398 e. The summed E-state index contributed by atoms with van der Waals surface area (Å²) in [5, 5.41) is 13.8. The third-order valence-electron chi connectivity index (χ3n) is 4.22. The molecule has 130 valence electrons. The van der Waals surface area contributed by atoms with E-state index in [1.54, 1.807) is 6.20 Å². The number of amides is 1. The standard InChI is InChI=1S/C17H19N5O3/c18-15-7-6-13(22(24)25)10-14(15)17(23)20-12-4-3-9-21(11-12)16-5-1-2-8-19-16/h1-2,5-8,10,12H,3-4,9,11,18H2,(H,20,23). The third-order valence-corrected chi connectivity index (χ3v) is 4.22. The summed E-state index contributed by atoms with van der Waals surface area (Å²) in [6.45, 7) is 1.51. The maximum absolute atomic E-state index is 12.5. The minimum absolute atomic E-state index is 0.0677. The fraction of sp³-hybridized carbons (Fsp3) is 0.294. The van der Waals surface area contributed by atoms with Crippen molar-refractivity contribution in [3.63, 3.8) is 0 Å². The van der Waals surface area contributed by atoms with Crippen molar-refractivity contribution in [2.24, 2.45) is 0 Å². The smallest absolute Gasteiger partial charge is 0.270 e. The van der Waals surface area contributed by atoms with Gasteiger partial charge >= 0.3 is 0 Å². The minimum atomic E-state index is -0.542. The molecule has 0 bridgehead atoms. The average Bonchev–Trinajstić information content (AvgIpc) is 2.62. The number of hydrogen-bond donors (Lipinski definition) is 2. The summed E-state index contributed by atoms with van der Waals surface area (Å²) in [4.78, 5) is 29.3. The number of nitrogens with two attached hydrogens (primary N) is 1. The highest BCUT2D eigenvalue weighted by Crippen LogP contribution is 2.21. The van der Waals surface area contributed by atoms with Crippen molar-refractivity contribution in [3.8, 4) is 0 Å². The fourth-order valence-corrected chi connectivity index (χ4v) is 2.96. The number of piperidine rings is 1. The molecule has 8 nitrogen and oxygen atoms in total. The molecule has 1 atom stereocenters. The zero-order valence-corrected chi connectivity index (χ0v) is 13.6. The molecule has 2 aromatic rings. The maximum atomic E-state index is 12.5. The number of nitro groups is 1. The van der Waals surface area contributed by atoms with Gasteiger partial charge in [0, 0.05) is 43.1 Å². The molecule has 1 amide bonds. The van der Waals surface area contributed by atoms with Crippen LogP contribution >= 0.6 is 0 Å². The van der Waals surface area contributed by atoms with Crippen molar-refractivity contribution in [2.45, 2.75) is 18.9 Å². The van der Waals surface area contributed by atoms with Gasteiger partial charge in [0.05, 0.1) is 10.5 Å². The molecule has 8 heteroatoms. The lowest BCUT2D eigenvalue weighted by Crippen LogP contribution is -2.48.